The van der Waals surface area contributed by atoms with E-state index in [4.69, 9.17) is 4.74 Å². The zero-order valence-electron chi connectivity index (χ0n) is 16.6. The fourth-order valence-corrected chi connectivity index (χ4v) is 4.13. The van der Waals surface area contributed by atoms with Gasteiger partial charge in [0.15, 0.2) is 5.82 Å². The Morgan fingerprint density at radius 3 is 2.55 bits per heavy atom. The van der Waals surface area contributed by atoms with Gasteiger partial charge >= 0.3 is 0 Å². The minimum atomic E-state index is -0.0548. The predicted molar refractivity (Wildman–Crippen MR) is 115 cm³/mol. The lowest BCUT2D eigenvalue weighted by Crippen LogP contribution is -2.26. The van der Waals surface area contributed by atoms with Crippen molar-refractivity contribution in [1.29, 1.82) is 0 Å². The number of rotatable bonds is 6. The van der Waals surface area contributed by atoms with Gasteiger partial charge in [-0.2, -0.15) is 4.98 Å². The largest absolute Gasteiger partial charge is 0.497 e. The van der Waals surface area contributed by atoms with Crippen molar-refractivity contribution in [1.82, 2.24) is 19.9 Å². The van der Waals surface area contributed by atoms with Crippen LogP contribution in [0.5, 0.6) is 5.75 Å². The van der Waals surface area contributed by atoms with E-state index in [0.717, 1.165) is 33.1 Å². The number of aromatic nitrogens is 3. The second kappa shape index (κ2) is 8.05. The molecule has 148 valence electrons. The second-order valence-electron chi connectivity index (χ2n) is 6.97. The maximum absolute atomic E-state index is 12.4. The Kier molecular flexibility index (Phi) is 5.31. The first-order valence-corrected chi connectivity index (χ1v) is 10.3. The molecule has 0 saturated carbocycles. The molecule has 0 atom stereocenters. The van der Waals surface area contributed by atoms with Gasteiger partial charge in [-0.05, 0) is 50.2 Å². The number of nitrogens with one attached hydrogen (secondary N) is 1. The summed E-state index contributed by atoms with van der Waals surface area (Å²) in [6.45, 7) is 4.53. The maximum Gasteiger partial charge on any atom is 0.251 e. The van der Waals surface area contributed by atoms with Crippen molar-refractivity contribution in [2.45, 2.75) is 20.3 Å². The van der Waals surface area contributed by atoms with Crippen molar-refractivity contribution in [3.05, 3.63) is 70.2 Å². The van der Waals surface area contributed by atoms with Gasteiger partial charge in [0.25, 0.3) is 5.91 Å². The molecule has 6 nitrogen and oxygen atoms in total. The van der Waals surface area contributed by atoms with E-state index in [1.54, 1.807) is 18.4 Å². The Morgan fingerprint density at radius 2 is 1.86 bits per heavy atom. The van der Waals surface area contributed by atoms with Crippen LogP contribution in [0.4, 0.5) is 0 Å². The fraction of sp³-hybridized carbons (Fsp3) is 0.227. The lowest BCUT2D eigenvalue weighted by atomic mass is 10.1. The maximum atomic E-state index is 12.4. The number of carbonyl (C=O) groups is 1. The molecule has 29 heavy (non-hydrogen) atoms. The van der Waals surface area contributed by atoms with Gasteiger partial charge in [0.2, 0.25) is 4.96 Å². The number of hydrogen-bond acceptors (Lipinski definition) is 5. The normalized spacial score (nSPS) is 11.0. The molecule has 2 aromatic carbocycles. The molecule has 0 aliphatic carbocycles. The number of amides is 1. The van der Waals surface area contributed by atoms with Crippen molar-refractivity contribution in [2.75, 3.05) is 13.7 Å². The summed E-state index contributed by atoms with van der Waals surface area (Å²) >= 11 is 1.55. The molecule has 0 aliphatic rings. The Hall–Kier alpha value is -3.19. The molecule has 0 unspecified atom stereocenters. The number of carbonyl (C=O) groups excluding carboxylic acids is 1. The summed E-state index contributed by atoms with van der Waals surface area (Å²) in [7, 11) is 1.64. The monoisotopic (exact) mass is 406 g/mol. The van der Waals surface area contributed by atoms with E-state index >= 15 is 0 Å². The summed E-state index contributed by atoms with van der Waals surface area (Å²) in [5, 5.41) is 9.68. The van der Waals surface area contributed by atoms with Crippen LogP contribution >= 0.6 is 11.3 Å². The molecule has 0 aliphatic heterocycles. The molecule has 0 radical (unpaired) electrons. The van der Waals surface area contributed by atoms with E-state index in [-0.39, 0.29) is 5.91 Å². The van der Waals surface area contributed by atoms with E-state index in [1.165, 1.54) is 0 Å². The van der Waals surface area contributed by atoms with Crippen LogP contribution < -0.4 is 10.1 Å². The highest BCUT2D eigenvalue weighted by Crippen LogP contribution is 2.23. The number of benzene rings is 2. The quantitative estimate of drug-likeness (QED) is 0.524. The van der Waals surface area contributed by atoms with Crippen molar-refractivity contribution in [3.63, 3.8) is 0 Å². The summed E-state index contributed by atoms with van der Waals surface area (Å²) in [4.78, 5) is 17.9. The molecular weight excluding hydrogens is 384 g/mol. The van der Waals surface area contributed by atoms with E-state index < -0.39 is 0 Å². The zero-order chi connectivity index (χ0) is 20.4. The van der Waals surface area contributed by atoms with Crippen LogP contribution in [0.3, 0.4) is 0 Å². The van der Waals surface area contributed by atoms with E-state index in [9.17, 15) is 4.79 Å². The highest BCUT2D eigenvalue weighted by atomic mass is 32.1. The zero-order valence-corrected chi connectivity index (χ0v) is 17.4. The molecule has 4 rings (SSSR count). The summed E-state index contributed by atoms with van der Waals surface area (Å²) in [6, 6.07) is 13.6. The summed E-state index contributed by atoms with van der Waals surface area (Å²) in [6.07, 6.45) is 0.682. The topological polar surface area (TPSA) is 68.5 Å². The third-order valence-corrected chi connectivity index (χ3v) is 5.51. The van der Waals surface area contributed by atoms with Gasteiger partial charge in [-0.1, -0.05) is 17.2 Å². The summed E-state index contributed by atoms with van der Waals surface area (Å²) in [5.41, 5.74) is 4.83. The van der Waals surface area contributed by atoms with Crippen molar-refractivity contribution < 1.29 is 9.53 Å². The molecule has 2 heterocycles. The standard InChI is InChI=1S/C22H22N4O2S/c1-14-10-15(2)12-17(11-14)21(27)23-9-8-18-13-29-22-24-20(25-26(18)22)16-4-6-19(28-3)7-5-16/h4-7,10-13H,8-9H2,1-3H3,(H,23,27). The average molecular weight is 407 g/mol. The smallest absolute Gasteiger partial charge is 0.251 e. The van der Waals surface area contributed by atoms with Gasteiger partial charge in [0.05, 0.1) is 12.8 Å². The lowest BCUT2D eigenvalue weighted by molar-refractivity contribution is 0.0954. The Bertz CT molecular complexity index is 1140. The number of hydrogen-bond donors (Lipinski definition) is 1. The third kappa shape index (κ3) is 4.14. The summed E-state index contributed by atoms with van der Waals surface area (Å²) in [5.74, 6) is 1.43. The molecule has 0 fully saturated rings. The number of ether oxygens (including phenoxy) is 1. The van der Waals surface area contributed by atoms with Gasteiger partial charge in [-0.3, -0.25) is 4.79 Å². The van der Waals surface area contributed by atoms with Gasteiger partial charge in [0.1, 0.15) is 5.75 Å². The second-order valence-corrected chi connectivity index (χ2v) is 7.80. The number of methoxy groups -OCH3 is 1. The van der Waals surface area contributed by atoms with Crippen molar-refractivity contribution >= 4 is 22.2 Å². The van der Waals surface area contributed by atoms with E-state index in [1.807, 2.05) is 60.1 Å². The van der Waals surface area contributed by atoms with Gasteiger partial charge in [0, 0.05) is 29.5 Å². The van der Waals surface area contributed by atoms with Gasteiger partial charge in [-0.15, -0.1) is 16.4 Å². The van der Waals surface area contributed by atoms with Gasteiger partial charge < -0.3 is 10.1 Å². The molecule has 0 bridgehead atoms. The molecule has 2 aromatic heterocycles. The van der Waals surface area contributed by atoms with Crippen LogP contribution in [0.2, 0.25) is 0 Å². The average Bonchev–Trinajstić information content (AvgIpc) is 3.29. The van der Waals surface area contributed by atoms with Gasteiger partial charge in [-0.25, -0.2) is 4.52 Å². The highest BCUT2D eigenvalue weighted by Gasteiger charge is 2.12. The van der Waals surface area contributed by atoms with E-state index in [2.05, 4.69) is 21.5 Å². The predicted octanol–water partition coefficient (Wildman–Crippen LogP) is 4.06. The van der Waals surface area contributed by atoms with Crippen LogP contribution in [-0.2, 0) is 6.42 Å². The van der Waals surface area contributed by atoms with Crippen LogP contribution in [0.25, 0.3) is 16.3 Å². The summed E-state index contributed by atoms with van der Waals surface area (Å²) < 4.78 is 7.05. The third-order valence-electron chi connectivity index (χ3n) is 4.65. The lowest BCUT2D eigenvalue weighted by Gasteiger charge is -2.07. The molecule has 7 heteroatoms. The Morgan fingerprint density at radius 1 is 1.14 bits per heavy atom. The first-order valence-electron chi connectivity index (χ1n) is 9.37. The molecular formula is C22H22N4O2S. The molecule has 0 spiro atoms. The Labute approximate surface area is 173 Å². The number of thiazole rings is 1. The highest BCUT2D eigenvalue weighted by molar-refractivity contribution is 7.15. The number of fused-ring (bicyclic) bond motifs is 1. The Balaban J connectivity index is 1.44. The fourth-order valence-electron chi connectivity index (χ4n) is 3.27. The van der Waals surface area contributed by atoms with Crippen LogP contribution in [0, 0.1) is 13.8 Å². The minimum absolute atomic E-state index is 0.0548. The van der Waals surface area contributed by atoms with Crippen LogP contribution in [0.1, 0.15) is 27.2 Å². The van der Waals surface area contributed by atoms with Crippen LogP contribution in [-0.4, -0.2) is 34.2 Å². The minimum Gasteiger partial charge on any atom is -0.497 e. The molecule has 0 saturated heterocycles. The van der Waals surface area contributed by atoms with Crippen molar-refractivity contribution in [3.8, 4) is 17.1 Å². The molecule has 4 aromatic rings. The number of nitrogens with zero attached hydrogens (tertiary/aromatic N) is 3. The van der Waals surface area contributed by atoms with Crippen LogP contribution in [0.15, 0.2) is 47.8 Å². The van der Waals surface area contributed by atoms with Crippen molar-refractivity contribution in [2.24, 2.45) is 0 Å². The van der Waals surface area contributed by atoms with E-state index in [0.29, 0.717) is 24.4 Å². The molecule has 1 amide bonds. The first kappa shape index (κ1) is 19.1. The SMILES string of the molecule is COc1ccc(-c2nc3scc(CCNC(=O)c4cc(C)cc(C)c4)n3n2)cc1. The first-order chi connectivity index (χ1) is 14.0. The number of aryl methyl sites for hydroxylation is 2. The molecule has 1 N–H and O–H groups in total.